The molecule has 27 heavy (non-hydrogen) atoms. The first-order valence-corrected chi connectivity index (χ1v) is 9.25. The van der Waals surface area contributed by atoms with Gasteiger partial charge in [-0.2, -0.15) is 0 Å². The van der Waals surface area contributed by atoms with Crippen LogP contribution in [0.25, 0.3) is 0 Å². The highest BCUT2D eigenvalue weighted by Crippen LogP contribution is 2.23. The van der Waals surface area contributed by atoms with Crippen molar-refractivity contribution in [2.24, 2.45) is 0 Å². The molecule has 1 aromatic heterocycles. The Hall–Kier alpha value is -3.01. The summed E-state index contributed by atoms with van der Waals surface area (Å²) in [6.45, 7) is 2.61. The molecule has 1 amide bonds. The predicted octanol–water partition coefficient (Wildman–Crippen LogP) is 4.16. The molecule has 4 heteroatoms. The fraction of sp³-hybridized carbons (Fsp3) is 0.261. The summed E-state index contributed by atoms with van der Waals surface area (Å²) in [6.07, 6.45) is 4.43. The Morgan fingerprint density at radius 2 is 1.63 bits per heavy atom. The number of carbonyl (C=O) groups excluding carboxylic acids is 1. The van der Waals surface area contributed by atoms with E-state index in [-0.39, 0.29) is 11.9 Å². The first-order chi connectivity index (χ1) is 13.0. The molecule has 4 nitrogen and oxygen atoms in total. The van der Waals surface area contributed by atoms with Crippen LogP contribution in [0.1, 0.15) is 29.2 Å². The monoisotopic (exact) mass is 361 g/mol. The maximum atomic E-state index is 12.6. The van der Waals surface area contributed by atoms with Gasteiger partial charge < -0.3 is 14.8 Å². The van der Waals surface area contributed by atoms with E-state index in [1.54, 1.807) is 0 Å². The lowest BCUT2D eigenvalue weighted by Gasteiger charge is -2.20. The number of nitrogens with zero attached hydrogens (tertiary/aromatic N) is 2. The van der Waals surface area contributed by atoms with Crippen molar-refractivity contribution in [2.75, 3.05) is 19.0 Å². The van der Waals surface area contributed by atoms with Crippen molar-refractivity contribution in [1.29, 1.82) is 0 Å². The molecule has 0 aliphatic carbocycles. The number of amides is 1. The van der Waals surface area contributed by atoms with Crippen molar-refractivity contribution in [3.05, 3.63) is 89.7 Å². The van der Waals surface area contributed by atoms with Crippen LogP contribution in [0.2, 0.25) is 0 Å². The van der Waals surface area contributed by atoms with Gasteiger partial charge in [-0.1, -0.05) is 42.0 Å². The fourth-order valence-electron chi connectivity index (χ4n) is 3.10. The Balaban J connectivity index is 1.65. The zero-order chi connectivity index (χ0) is 19.2. The molecule has 0 radical (unpaired) electrons. The van der Waals surface area contributed by atoms with Gasteiger partial charge in [0.15, 0.2) is 0 Å². The quantitative estimate of drug-likeness (QED) is 0.686. The second-order valence-corrected chi connectivity index (χ2v) is 7.10. The van der Waals surface area contributed by atoms with Gasteiger partial charge in [0.2, 0.25) is 5.91 Å². The highest BCUT2D eigenvalue weighted by molar-refractivity contribution is 5.77. The van der Waals surface area contributed by atoms with Crippen LogP contribution in [-0.2, 0) is 11.3 Å². The molecule has 0 aliphatic heterocycles. The summed E-state index contributed by atoms with van der Waals surface area (Å²) in [4.78, 5) is 14.7. The largest absolute Gasteiger partial charge is 0.378 e. The van der Waals surface area contributed by atoms with Crippen molar-refractivity contribution in [3.63, 3.8) is 0 Å². The number of benzene rings is 2. The summed E-state index contributed by atoms with van der Waals surface area (Å²) in [5.41, 5.74) is 4.61. The smallest absolute Gasteiger partial charge is 0.222 e. The lowest BCUT2D eigenvalue weighted by Crippen LogP contribution is -2.26. The van der Waals surface area contributed by atoms with E-state index in [4.69, 9.17) is 0 Å². The number of rotatable bonds is 7. The molecule has 1 atom stereocenters. The number of hydrogen-bond acceptors (Lipinski definition) is 2. The van der Waals surface area contributed by atoms with Gasteiger partial charge in [-0.05, 0) is 42.3 Å². The third-order valence-electron chi connectivity index (χ3n) is 4.77. The third-order valence-corrected chi connectivity index (χ3v) is 4.77. The molecule has 0 saturated heterocycles. The number of hydrogen-bond donors (Lipinski definition) is 1. The van der Waals surface area contributed by atoms with Crippen molar-refractivity contribution in [1.82, 2.24) is 9.88 Å². The highest BCUT2D eigenvalue weighted by Gasteiger charge is 2.17. The topological polar surface area (TPSA) is 37.3 Å². The molecule has 3 aromatic rings. The van der Waals surface area contributed by atoms with Gasteiger partial charge in [-0.25, -0.2) is 0 Å². The number of nitrogens with one attached hydrogen (secondary N) is 1. The van der Waals surface area contributed by atoms with Crippen LogP contribution in [0.5, 0.6) is 0 Å². The van der Waals surface area contributed by atoms with E-state index < -0.39 is 0 Å². The maximum Gasteiger partial charge on any atom is 0.222 e. The molecule has 0 fully saturated rings. The van der Waals surface area contributed by atoms with Crippen molar-refractivity contribution < 1.29 is 4.79 Å². The van der Waals surface area contributed by atoms with Crippen LogP contribution in [0, 0.1) is 6.92 Å². The molecular formula is C23H27N3O. The molecule has 140 valence electrons. The zero-order valence-electron chi connectivity index (χ0n) is 16.2. The molecule has 0 spiro atoms. The molecule has 1 N–H and O–H groups in total. The lowest BCUT2D eigenvalue weighted by atomic mass is 10.0. The van der Waals surface area contributed by atoms with Crippen molar-refractivity contribution >= 4 is 11.6 Å². The van der Waals surface area contributed by atoms with E-state index in [1.165, 1.54) is 5.56 Å². The summed E-state index contributed by atoms with van der Waals surface area (Å²) >= 11 is 0. The van der Waals surface area contributed by atoms with E-state index >= 15 is 0 Å². The minimum absolute atomic E-state index is 0.00304. The summed E-state index contributed by atoms with van der Waals surface area (Å²) in [5.74, 6) is 0.0472. The predicted molar refractivity (Wildman–Crippen MR) is 111 cm³/mol. The van der Waals surface area contributed by atoms with Crippen LogP contribution >= 0.6 is 0 Å². The zero-order valence-corrected chi connectivity index (χ0v) is 16.2. The minimum Gasteiger partial charge on any atom is -0.378 e. The van der Waals surface area contributed by atoms with E-state index in [0.717, 1.165) is 16.8 Å². The van der Waals surface area contributed by atoms with Crippen molar-refractivity contribution in [2.45, 2.75) is 25.9 Å². The number of aryl methyl sites for hydroxylation is 1. The first-order valence-electron chi connectivity index (χ1n) is 9.25. The SMILES string of the molecule is Cc1ccc([C@@H](CC(=O)NCc2ccc(N(C)C)cc2)n2cccc2)cc1. The van der Waals surface area contributed by atoms with E-state index in [0.29, 0.717) is 13.0 Å². The number of aromatic nitrogens is 1. The van der Waals surface area contributed by atoms with E-state index in [9.17, 15) is 4.79 Å². The van der Waals surface area contributed by atoms with E-state index in [2.05, 4.69) is 70.2 Å². The van der Waals surface area contributed by atoms with Gasteiger partial charge in [0.1, 0.15) is 0 Å². The van der Waals surface area contributed by atoms with Crippen LogP contribution in [-0.4, -0.2) is 24.6 Å². The summed E-state index contributed by atoms with van der Waals surface area (Å²) in [5, 5.41) is 3.06. The Morgan fingerprint density at radius 1 is 1.00 bits per heavy atom. The average molecular weight is 361 g/mol. The second-order valence-electron chi connectivity index (χ2n) is 7.10. The van der Waals surface area contributed by atoms with Crippen LogP contribution in [0.15, 0.2) is 73.1 Å². The summed E-state index contributed by atoms with van der Waals surface area (Å²) < 4.78 is 2.09. The van der Waals surface area contributed by atoms with Gasteiger partial charge >= 0.3 is 0 Å². The molecule has 0 bridgehead atoms. The number of carbonyl (C=O) groups is 1. The standard InChI is InChI=1S/C23H27N3O/c1-18-6-10-20(11-7-18)22(26-14-4-5-15-26)16-23(27)24-17-19-8-12-21(13-9-19)25(2)3/h4-15,22H,16-17H2,1-3H3,(H,24,27)/t22-/m1/s1. The Bertz CT molecular complexity index is 850. The molecule has 0 unspecified atom stereocenters. The van der Waals surface area contributed by atoms with Gasteiger partial charge in [0, 0.05) is 38.7 Å². The minimum atomic E-state index is -0.00304. The van der Waals surface area contributed by atoms with Crippen LogP contribution in [0.4, 0.5) is 5.69 Å². The van der Waals surface area contributed by atoms with Crippen LogP contribution in [0.3, 0.4) is 0 Å². The molecular weight excluding hydrogens is 334 g/mol. The normalized spacial score (nSPS) is 11.8. The van der Waals surface area contributed by atoms with Crippen LogP contribution < -0.4 is 10.2 Å². The Morgan fingerprint density at radius 3 is 2.22 bits per heavy atom. The van der Waals surface area contributed by atoms with Gasteiger partial charge in [-0.15, -0.1) is 0 Å². The first kappa shape index (κ1) is 18.8. The fourth-order valence-corrected chi connectivity index (χ4v) is 3.10. The second kappa shape index (κ2) is 8.58. The van der Waals surface area contributed by atoms with Crippen molar-refractivity contribution in [3.8, 4) is 0 Å². The Kier molecular flexibility index (Phi) is 5.97. The van der Waals surface area contributed by atoms with Gasteiger partial charge in [0.25, 0.3) is 0 Å². The van der Waals surface area contributed by atoms with E-state index in [1.807, 2.05) is 38.6 Å². The molecule has 2 aromatic carbocycles. The molecule has 1 heterocycles. The summed E-state index contributed by atoms with van der Waals surface area (Å²) in [7, 11) is 4.03. The van der Waals surface area contributed by atoms with Gasteiger partial charge in [-0.3, -0.25) is 4.79 Å². The lowest BCUT2D eigenvalue weighted by molar-refractivity contribution is -0.121. The highest BCUT2D eigenvalue weighted by atomic mass is 16.1. The summed E-state index contributed by atoms with van der Waals surface area (Å²) in [6, 6.07) is 20.6. The molecule has 0 aliphatic rings. The molecule has 3 rings (SSSR count). The average Bonchev–Trinajstić information content (AvgIpc) is 3.20. The maximum absolute atomic E-state index is 12.6. The Labute approximate surface area is 161 Å². The number of anilines is 1. The van der Waals surface area contributed by atoms with Gasteiger partial charge in [0.05, 0.1) is 12.5 Å². The molecule has 0 saturated carbocycles. The third kappa shape index (κ3) is 5.00.